The van der Waals surface area contributed by atoms with Crippen LogP contribution in [0.3, 0.4) is 0 Å². The number of fused-ring (bicyclic) bond motifs is 3. The average Bonchev–Trinajstić information content (AvgIpc) is 2.81. The number of hydrogen-bond donors (Lipinski definition) is 0. The van der Waals surface area contributed by atoms with Gasteiger partial charge in [0.1, 0.15) is 0 Å². The van der Waals surface area contributed by atoms with Crippen molar-refractivity contribution in [3.05, 3.63) is 35.9 Å². The zero-order valence-corrected chi connectivity index (χ0v) is 11.2. The molecule has 2 aromatic rings. The van der Waals surface area contributed by atoms with Gasteiger partial charge < -0.3 is 0 Å². The SMILES string of the molecule is C#Cc1ccc2c(ccc3[n+]2C(OC)C[Se]3)c1. The quantitative estimate of drug-likeness (QED) is 0.434. The van der Waals surface area contributed by atoms with Crippen molar-refractivity contribution in [1.29, 1.82) is 0 Å². The number of rotatable bonds is 1. The van der Waals surface area contributed by atoms with Crippen molar-refractivity contribution in [2.24, 2.45) is 0 Å². The van der Waals surface area contributed by atoms with Crippen molar-refractivity contribution in [2.75, 3.05) is 7.11 Å². The van der Waals surface area contributed by atoms with E-state index >= 15 is 0 Å². The predicted molar refractivity (Wildman–Crippen MR) is 68.3 cm³/mol. The average molecular weight is 289 g/mol. The number of hydrogen-bond acceptors (Lipinski definition) is 1. The number of methoxy groups -OCH3 is 1. The van der Waals surface area contributed by atoms with Gasteiger partial charge in [-0.15, -0.1) is 0 Å². The number of terminal acetylenes is 1. The van der Waals surface area contributed by atoms with E-state index < -0.39 is 0 Å². The first-order valence-corrected chi connectivity index (χ1v) is 7.51. The number of aromatic nitrogens is 1. The molecule has 1 aliphatic heterocycles. The third-order valence-electron chi connectivity index (χ3n) is 3.03. The normalized spacial score (nSPS) is 18.0. The van der Waals surface area contributed by atoms with Gasteiger partial charge in [-0.3, -0.25) is 0 Å². The fourth-order valence-electron chi connectivity index (χ4n) is 2.18. The fourth-order valence-corrected chi connectivity index (χ4v) is 4.52. The maximum atomic E-state index is 5.54. The third kappa shape index (κ3) is 1.66. The molecule has 1 aromatic heterocycles. The maximum absolute atomic E-state index is 5.54. The predicted octanol–water partition coefficient (Wildman–Crippen LogP) is 1.01. The second-order valence-corrected chi connectivity index (χ2v) is 6.14. The minimum absolute atomic E-state index is 0.186. The Balaban J connectivity index is 2.29. The van der Waals surface area contributed by atoms with Crippen LogP contribution >= 0.6 is 0 Å². The molecule has 0 saturated carbocycles. The molecule has 1 aromatic carbocycles. The van der Waals surface area contributed by atoms with Gasteiger partial charge in [-0.2, -0.15) is 0 Å². The van der Waals surface area contributed by atoms with Gasteiger partial charge in [-0.05, 0) is 0 Å². The van der Waals surface area contributed by atoms with E-state index in [0.29, 0.717) is 15.0 Å². The molecule has 0 spiro atoms. The second kappa shape index (κ2) is 4.16. The molecular formula is C14H12NOSe+. The van der Waals surface area contributed by atoms with Crippen LogP contribution in [0.4, 0.5) is 0 Å². The van der Waals surface area contributed by atoms with E-state index in [4.69, 9.17) is 11.2 Å². The Morgan fingerprint density at radius 2 is 2.29 bits per heavy atom. The van der Waals surface area contributed by atoms with Gasteiger partial charge in [0.15, 0.2) is 0 Å². The summed E-state index contributed by atoms with van der Waals surface area (Å²) < 4.78 is 9.24. The van der Waals surface area contributed by atoms with Gasteiger partial charge >= 0.3 is 107 Å². The number of ether oxygens (including phenoxy) is 1. The summed E-state index contributed by atoms with van der Waals surface area (Å²) in [6.07, 6.45) is 5.61. The summed E-state index contributed by atoms with van der Waals surface area (Å²) in [5, 5.41) is 2.29. The summed E-state index contributed by atoms with van der Waals surface area (Å²) in [4.78, 5) is 0. The summed E-state index contributed by atoms with van der Waals surface area (Å²) in [5.41, 5.74) is 2.14. The zero-order valence-electron chi connectivity index (χ0n) is 9.51. The molecule has 3 rings (SSSR count). The van der Waals surface area contributed by atoms with Crippen molar-refractivity contribution in [3.63, 3.8) is 0 Å². The summed E-state index contributed by atoms with van der Waals surface area (Å²) >= 11 is 0.514. The summed E-state index contributed by atoms with van der Waals surface area (Å²) in [6.45, 7) is 0. The summed E-state index contributed by atoms with van der Waals surface area (Å²) in [5.74, 6) is 2.68. The number of benzene rings is 1. The molecule has 2 nitrogen and oxygen atoms in total. The van der Waals surface area contributed by atoms with E-state index in [-0.39, 0.29) is 6.23 Å². The van der Waals surface area contributed by atoms with Crippen LogP contribution in [0.15, 0.2) is 30.3 Å². The van der Waals surface area contributed by atoms with Gasteiger partial charge in [0, 0.05) is 0 Å². The summed E-state index contributed by atoms with van der Waals surface area (Å²) in [7, 11) is 1.78. The molecule has 17 heavy (non-hydrogen) atoms. The fraction of sp³-hybridized carbons (Fsp3) is 0.214. The van der Waals surface area contributed by atoms with E-state index in [1.807, 2.05) is 6.07 Å². The monoisotopic (exact) mass is 290 g/mol. The first kappa shape index (κ1) is 10.8. The van der Waals surface area contributed by atoms with Gasteiger partial charge in [0.2, 0.25) is 0 Å². The molecule has 2 heterocycles. The Kier molecular flexibility index (Phi) is 2.64. The van der Waals surface area contributed by atoms with Crippen molar-refractivity contribution in [2.45, 2.75) is 11.5 Å². The molecule has 0 saturated heterocycles. The molecule has 1 unspecified atom stereocenters. The Bertz CT molecular complexity index is 630. The first-order valence-electron chi connectivity index (χ1n) is 5.44. The van der Waals surface area contributed by atoms with Crippen molar-refractivity contribution in [1.82, 2.24) is 0 Å². The van der Waals surface area contributed by atoms with Crippen LogP contribution in [0.2, 0.25) is 5.32 Å². The third-order valence-corrected chi connectivity index (χ3v) is 5.30. The Labute approximate surface area is 107 Å². The van der Waals surface area contributed by atoms with E-state index in [1.165, 1.54) is 15.5 Å². The van der Waals surface area contributed by atoms with E-state index in [0.717, 1.165) is 10.9 Å². The molecule has 84 valence electrons. The van der Waals surface area contributed by atoms with Crippen molar-refractivity contribution < 1.29 is 9.30 Å². The Hall–Kier alpha value is -1.33. The van der Waals surface area contributed by atoms with Crippen LogP contribution in [-0.2, 0) is 4.74 Å². The van der Waals surface area contributed by atoms with Crippen LogP contribution in [0, 0.1) is 12.3 Å². The topological polar surface area (TPSA) is 13.1 Å². The standard InChI is InChI=1S/C14H12NOSe/c1-3-10-4-6-12-11(8-10)5-7-14-15(12)13(16-2)9-17-14/h1,4-8,13H,9H2,2H3/q+1. The Morgan fingerprint density at radius 1 is 1.41 bits per heavy atom. The van der Waals surface area contributed by atoms with Crippen molar-refractivity contribution >= 4 is 30.5 Å². The van der Waals surface area contributed by atoms with E-state index in [1.54, 1.807) is 7.11 Å². The van der Waals surface area contributed by atoms with Crippen molar-refractivity contribution in [3.8, 4) is 12.3 Å². The first-order chi connectivity index (χ1) is 8.33. The molecule has 0 N–H and O–H groups in total. The number of pyridine rings is 1. The van der Waals surface area contributed by atoms with E-state index in [2.05, 4.69) is 34.8 Å². The van der Waals surface area contributed by atoms with Gasteiger partial charge in [0.05, 0.1) is 0 Å². The van der Waals surface area contributed by atoms with Gasteiger partial charge in [0.25, 0.3) is 0 Å². The van der Waals surface area contributed by atoms with E-state index in [9.17, 15) is 0 Å². The molecule has 1 aliphatic rings. The van der Waals surface area contributed by atoms with Crippen LogP contribution in [0.5, 0.6) is 0 Å². The second-order valence-electron chi connectivity index (χ2n) is 3.96. The Morgan fingerprint density at radius 3 is 3.06 bits per heavy atom. The summed E-state index contributed by atoms with van der Waals surface area (Å²) in [6, 6.07) is 10.5. The van der Waals surface area contributed by atoms with Gasteiger partial charge in [-0.25, -0.2) is 0 Å². The molecule has 3 heteroatoms. The van der Waals surface area contributed by atoms with Gasteiger partial charge in [-0.1, -0.05) is 0 Å². The molecule has 0 radical (unpaired) electrons. The molecule has 0 bridgehead atoms. The van der Waals surface area contributed by atoms with Crippen LogP contribution in [-0.4, -0.2) is 22.1 Å². The molecule has 0 amide bonds. The number of nitrogens with zero attached hydrogens (tertiary/aromatic N) is 1. The zero-order chi connectivity index (χ0) is 11.8. The molecular weight excluding hydrogens is 277 g/mol. The van der Waals surface area contributed by atoms with Crippen LogP contribution in [0.25, 0.3) is 10.9 Å². The van der Waals surface area contributed by atoms with Crippen LogP contribution < -0.4 is 9.16 Å². The van der Waals surface area contributed by atoms with Crippen LogP contribution in [0.1, 0.15) is 11.8 Å². The molecule has 0 aliphatic carbocycles. The molecule has 1 atom stereocenters. The minimum atomic E-state index is 0.186. The molecule has 0 fully saturated rings.